The van der Waals surface area contributed by atoms with E-state index in [9.17, 15) is 19.5 Å². The minimum absolute atomic E-state index is 0.182. The van der Waals surface area contributed by atoms with Gasteiger partial charge in [-0.05, 0) is 24.1 Å². The Hall–Kier alpha value is -1.89. The zero-order valence-electron chi connectivity index (χ0n) is 11.1. The molecular weight excluding hydrogens is 340 g/mol. The van der Waals surface area contributed by atoms with E-state index in [-0.39, 0.29) is 12.3 Å². The Kier molecular flexibility index (Phi) is 4.95. The fourth-order valence-electron chi connectivity index (χ4n) is 2.18. The Morgan fingerprint density at radius 3 is 2.81 bits per heavy atom. The second kappa shape index (κ2) is 6.71. The van der Waals surface area contributed by atoms with Crippen molar-refractivity contribution in [3.63, 3.8) is 0 Å². The van der Waals surface area contributed by atoms with Crippen LogP contribution in [0.3, 0.4) is 0 Å². The molecule has 1 aliphatic heterocycles. The van der Waals surface area contributed by atoms with E-state index >= 15 is 0 Å². The highest BCUT2D eigenvalue weighted by Crippen LogP contribution is 2.14. The average molecular weight is 355 g/mol. The first-order valence-corrected chi connectivity index (χ1v) is 7.32. The molecule has 0 radical (unpaired) electrons. The molecule has 112 valence electrons. The highest BCUT2D eigenvalue weighted by molar-refractivity contribution is 9.10. The predicted octanol–water partition coefficient (Wildman–Crippen LogP) is 0.840. The van der Waals surface area contributed by atoms with Gasteiger partial charge in [-0.3, -0.25) is 9.59 Å². The van der Waals surface area contributed by atoms with E-state index in [1.165, 1.54) is 0 Å². The summed E-state index contributed by atoms with van der Waals surface area (Å²) in [7, 11) is 0. The van der Waals surface area contributed by atoms with Crippen LogP contribution >= 0.6 is 15.9 Å². The number of benzene rings is 1. The summed E-state index contributed by atoms with van der Waals surface area (Å²) in [4.78, 5) is 34.3. The van der Waals surface area contributed by atoms with Gasteiger partial charge in [0.25, 0.3) is 0 Å². The third-order valence-electron chi connectivity index (χ3n) is 3.26. The molecule has 2 atom stereocenters. The van der Waals surface area contributed by atoms with Crippen LogP contribution in [0.2, 0.25) is 0 Å². The van der Waals surface area contributed by atoms with Crippen LogP contribution in [-0.2, 0) is 20.8 Å². The van der Waals surface area contributed by atoms with Gasteiger partial charge in [-0.2, -0.15) is 0 Å². The Morgan fingerprint density at radius 2 is 2.24 bits per heavy atom. The van der Waals surface area contributed by atoms with Crippen molar-refractivity contribution in [1.29, 1.82) is 0 Å². The minimum Gasteiger partial charge on any atom is -0.480 e. The molecule has 1 fully saturated rings. The van der Waals surface area contributed by atoms with Crippen molar-refractivity contribution in [2.75, 3.05) is 0 Å². The first kappa shape index (κ1) is 15.5. The summed E-state index contributed by atoms with van der Waals surface area (Å²) in [6, 6.07) is 5.58. The lowest BCUT2D eigenvalue weighted by Gasteiger charge is -2.17. The van der Waals surface area contributed by atoms with Crippen LogP contribution in [-0.4, -0.2) is 35.0 Å². The molecule has 2 amide bonds. The standard InChI is InChI=1S/C14H15BrN2O4/c15-9-3-1-2-8(6-9)7-11(14(20)21)17-13(19)10-4-5-12(18)16-10/h1-3,6,10-11H,4-5,7H2,(H,16,18)(H,17,19)(H,20,21)/t10-,11-/m0/s1. The van der Waals surface area contributed by atoms with Gasteiger partial charge in [-0.15, -0.1) is 0 Å². The molecule has 1 heterocycles. The summed E-state index contributed by atoms with van der Waals surface area (Å²) in [6.45, 7) is 0. The molecular formula is C14H15BrN2O4. The van der Waals surface area contributed by atoms with Gasteiger partial charge in [0, 0.05) is 17.3 Å². The van der Waals surface area contributed by atoms with Crippen LogP contribution in [0.15, 0.2) is 28.7 Å². The van der Waals surface area contributed by atoms with Gasteiger partial charge < -0.3 is 15.7 Å². The van der Waals surface area contributed by atoms with Gasteiger partial charge in [0.1, 0.15) is 12.1 Å². The van der Waals surface area contributed by atoms with Crippen molar-refractivity contribution in [3.05, 3.63) is 34.3 Å². The van der Waals surface area contributed by atoms with Crippen molar-refractivity contribution < 1.29 is 19.5 Å². The molecule has 7 heteroatoms. The molecule has 21 heavy (non-hydrogen) atoms. The number of rotatable bonds is 5. The van der Waals surface area contributed by atoms with Crippen molar-refractivity contribution >= 4 is 33.7 Å². The number of hydrogen-bond donors (Lipinski definition) is 3. The zero-order valence-corrected chi connectivity index (χ0v) is 12.7. The van der Waals surface area contributed by atoms with E-state index in [1.54, 1.807) is 18.2 Å². The van der Waals surface area contributed by atoms with Crippen molar-refractivity contribution in [2.45, 2.75) is 31.3 Å². The number of carboxylic acid groups (broad SMARTS) is 1. The number of carbonyl (C=O) groups is 3. The summed E-state index contributed by atoms with van der Waals surface area (Å²) in [6.07, 6.45) is 0.872. The number of amides is 2. The normalized spacial score (nSPS) is 18.9. The van der Waals surface area contributed by atoms with E-state index < -0.39 is 24.0 Å². The van der Waals surface area contributed by atoms with Crippen LogP contribution in [0, 0.1) is 0 Å². The van der Waals surface area contributed by atoms with E-state index in [4.69, 9.17) is 0 Å². The Labute approximate surface area is 130 Å². The van der Waals surface area contributed by atoms with Crippen LogP contribution in [0.25, 0.3) is 0 Å². The summed E-state index contributed by atoms with van der Waals surface area (Å²) < 4.78 is 0.846. The number of aliphatic carboxylic acids is 1. The molecule has 2 rings (SSSR count). The second-order valence-electron chi connectivity index (χ2n) is 4.89. The maximum Gasteiger partial charge on any atom is 0.326 e. The molecule has 1 aromatic carbocycles. The molecule has 6 nitrogen and oxygen atoms in total. The van der Waals surface area contributed by atoms with E-state index in [2.05, 4.69) is 26.6 Å². The number of carboxylic acids is 1. The first-order chi connectivity index (χ1) is 9.95. The highest BCUT2D eigenvalue weighted by atomic mass is 79.9. The molecule has 1 aliphatic rings. The van der Waals surface area contributed by atoms with Crippen LogP contribution in [0.5, 0.6) is 0 Å². The summed E-state index contributed by atoms with van der Waals surface area (Å²) in [5.41, 5.74) is 0.799. The topological polar surface area (TPSA) is 95.5 Å². The SMILES string of the molecule is O=C1CC[C@@H](C(=O)N[C@@H](Cc2cccc(Br)c2)C(=O)O)N1. The molecule has 0 aliphatic carbocycles. The lowest BCUT2D eigenvalue weighted by molar-refractivity contribution is -0.142. The zero-order chi connectivity index (χ0) is 15.4. The van der Waals surface area contributed by atoms with Gasteiger partial charge >= 0.3 is 5.97 Å². The fraction of sp³-hybridized carbons (Fsp3) is 0.357. The van der Waals surface area contributed by atoms with Gasteiger partial charge in [0.05, 0.1) is 0 Å². The average Bonchev–Trinajstić information content (AvgIpc) is 2.84. The molecule has 0 bridgehead atoms. The van der Waals surface area contributed by atoms with Gasteiger partial charge in [-0.25, -0.2) is 4.79 Å². The smallest absolute Gasteiger partial charge is 0.326 e. The number of halogens is 1. The molecule has 0 unspecified atom stereocenters. The van der Waals surface area contributed by atoms with Crippen LogP contribution in [0.4, 0.5) is 0 Å². The third-order valence-corrected chi connectivity index (χ3v) is 3.75. The maximum atomic E-state index is 12.0. The van der Waals surface area contributed by atoms with Gasteiger partial charge in [-0.1, -0.05) is 28.1 Å². The number of hydrogen-bond acceptors (Lipinski definition) is 3. The van der Waals surface area contributed by atoms with E-state index in [1.807, 2.05) is 6.07 Å². The monoisotopic (exact) mass is 354 g/mol. The first-order valence-electron chi connectivity index (χ1n) is 6.52. The summed E-state index contributed by atoms with van der Waals surface area (Å²) in [5.74, 6) is -1.75. The lowest BCUT2D eigenvalue weighted by atomic mass is 10.1. The molecule has 1 saturated heterocycles. The molecule has 3 N–H and O–H groups in total. The van der Waals surface area contributed by atoms with Gasteiger partial charge in [0.15, 0.2) is 0 Å². The number of nitrogens with one attached hydrogen (secondary N) is 2. The Morgan fingerprint density at radius 1 is 1.48 bits per heavy atom. The van der Waals surface area contributed by atoms with Crippen LogP contribution in [0.1, 0.15) is 18.4 Å². The quantitative estimate of drug-likeness (QED) is 0.729. The fourth-order valence-corrected chi connectivity index (χ4v) is 2.63. The molecule has 0 spiro atoms. The van der Waals surface area contributed by atoms with E-state index in [0.29, 0.717) is 12.8 Å². The van der Waals surface area contributed by atoms with Crippen molar-refractivity contribution in [1.82, 2.24) is 10.6 Å². The van der Waals surface area contributed by atoms with Crippen LogP contribution < -0.4 is 10.6 Å². The highest BCUT2D eigenvalue weighted by Gasteiger charge is 2.30. The predicted molar refractivity (Wildman–Crippen MR) is 78.6 cm³/mol. The van der Waals surface area contributed by atoms with Crippen molar-refractivity contribution in [3.8, 4) is 0 Å². The minimum atomic E-state index is -1.10. The summed E-state index contributed by atoms with van der Waals surface area (Å²) in [5, 5.41) is 14.2. The Balaban J connectivity index is 2.00. The largest absolute Gasteiger partial charge is 0.480 e. The third kappa shape index (κ3) is 4.29. The maximum absolute atomic E-state index is 12.0. The second-order valence-corrected chi connectivity index (χ2v) is 5.81. The molecule has 1 aromatic rings. The molecule has 0 saturated carbocycles. The van der Waals surface area contributed by atoms with Gasteiger partial charge in [0.2, 0.25) is 11.8 Å². The number of carbonyl (C=O) groups excluding carboxylic acids is 2. The molecule has 0 aromatic heterocycles. The summed E-state index contributed by atoms with van der Waals surface area (Å²) >= 11 is 3.32. The lowest BCUT2D eigenvalue weighted by Crippen LogP contribution is -2.49. The van der Waals surface area contributed by atoms with Crippen molar-refractivity contribution in [2.24, 2.45) is 0 Å². The Bertz CT molecular complexity index is 576. The van der Waals surface area contributed by atoms with E-state index in [0.717, 1.165) is 10.0 Å².